The van der Waals surface area contributed by atoms with Gasteiger partial charge in [0, 0.05) is 17.3 Å². The van der Waals surface area contributed by atoms with Crippen LogP contribution in [0.3, 0.4) is 0 Å². The second-order valence-electron chi connectivity index (χ2n) is 13.4. The third kappa shape index (κ3) is 4.21. The smallest absolute Gasteiger partial charge is 0.0415 e. The van der Waals surface area contributed by atoms with Crippen molar-refractivity contribution < 1.29 is 0 Å². The topological polar surface area (TPSA) is 0 Å². The molecule has 0 heteroatoms. The van der Waals surface area contributed by atoms with E-state index in [1.54, 1.807) is 0 Å². The summed E-state index contributed by atoms with van der Waals surface area (Å²) in [4.78, 5) is 0. The van der Waals surface area contributed by atoms with E-state index in [0.717, 1.165) is 0 Å². The lowest BCUT2D eigenvalue weighted by molar-refractivity contribution is 0.416. The normalized spacial score (nSPS) is 15.1. The first-order valence-electron chi connectivity index (χ1n) is 16.8. The molecule has 7 aromatic rings. The zero-order chi connectivity index (χ0) is 31.5. The van der Waals surface area contributed by atoms with Gasteiger partial charge in [0.15, 0.2) is 0 Å². The monoisotopic (exact) mass is 600 g/mol. The van der Waals surface area contributed by atoms with Crippen molar-refractivity contribution in [1.82, 2.24) is 0 Å². The molecule has 0 aliphatic heterocycles. The number of benzene rings is 7. The van der Waals surface area contributed by atoms with Crippen LogP contribution in [0, 0.1) is 13.8 Å². The molecule has 0 spiro atoms. The van der Waals surface area contributed by atoms with Crippen LogP contribution in [-0.2, 0) is 5.41 Å². The van der Waals surface area contributed by atoms with Crippen molar-refractivity contribution in [2.45, 2.75) is 31.1 Å². The predicted molar refractivity (Wildman–Crippen MR) is 198 cm³/mol. The SMILES string of the molecule is Cc1ccc2c(c1)C(C(c1ccccc1)(c1ccccc1)C1C=Cc3cc(-c4cccc5ccccc45)ccc31)c1cc(C)ccc1-2. The van der Waals surface area contributed by atoms with Crippen LogP contribution in [0.5, 0.6) is 0 Å². The summed E-state index contributed by atoms with van der Waals surface area (Å²) < 4.78 is 0. The van der Waals surface area contributed by atoms with E-state index in [1.165, 1.54) is 77.5 Å². The summed E-state index contributed by atoms with van der Waals surface area (Å²) >= 11 is 0. The Morgan fingerprint density at radius 3 is 1.72 bits per heavy atom. The van der Waals surface area contributed by atoms with Crippen molar-refractivity contribution >= 4 is 16.8 Å². The van der Waals surface area contributed by atoms with Gasteiger partial charge in [-0.2, -0.15) is 0 Å². The molecule has 1 atom stereocenters. The number of rotatable bonds is 5. The highest BCUT2D eigenvalue weighted by Crippen LogP contribution is 2.63. The largest absolute Gasteiger partial charge is 0.0751 e. The molecule has 0 amide bonds. The van der Waals surface area contributed by atoms with Gasteiger partial charge in [-0.1, -0.05) is 175 Å². The summed E-state index contributed by atoms with van der Waals surface area (Å²) in [6, 6.07) is 59.4. The van der Waals surface area contributed by atoms with E-state index in [-0.39, 0.29) is 11.8 Å². The van der Waals surface area contributed by atoms with Crippen molar-refractivity contribution in [2.24, 2.45) is 0 Å². The minimum Gasteiger partial charge on any atom is -0.0751 e. The van der Waals surface area contributed by atoms with E-state index in [4.69, 9.17) is 0 Å². The number of fused-ring (bicyclic) bond motifs is 5. The van der Waals surface area contributed by atoms with Crippen LogP contribution in [0.2, 0.25) is 0 Å². The van der Waals surface area contributed by atoms with Gasteiger partial charge >= 0.3 is 0 Å². The summed E-state index contributed by atoms with van der Waals surface area (Å²) in [6.07, 6.45) is 4.89. The maximum Gasteiger partial charge on any atom is 0.0415 e. The highest BCUT2D eigenvalue weighted by molar-refractivity contribution is 5.97. The fourth-order valence-corrected chi connectivity index (χ4v) is 8.80. The molecule has 1 unspecified atom stereocenters. The molecule has 0 radical (unpaired) electrons. The molecule has 2 aliphatic rings. The molecule has 47 heavy (non-hydrogen) atoms. The first-order chi connectivity index (χ1) is 23.1. The zero-order valence-electron chi connectivity index (χ0n) is 26.8. The van der Waals surface area contributed by atoms with Gasteiger partial charge < -0.3 is 0 Å². The molecule has 0 saturated heterocycles. The molecule has 9 rings (SSSR count). The van der Waals surface area contributed by atoms with Crippen molar-refractivity contribution in [1.29, 1.82) is 0 Å². The van der Waals surface area contributed by atoms with Gasteiger partial charge in [-0.25, -0.2) is 0 Å². The lowest BCUT2D eigenvalue weighted by Gasteiger charge is -2.46. The van der Waals surface area contributed by atoms with Crippen molar-refractivity contribution in [2.75, 3.05) is 0 Å². The third-order valence-corrected chi connectivity index (χ3v) is 10.8. The minimum absolute atomic E-state index is 0.119. The first-order valence-corrected chi connectivity index (χ1v) is 16.8. The van der Waals surface area contributed by atoms with E-state index in [1.807, 2.05) is 0 Å². The fraction of sp³-hybridized carbons (Fsp3) is 0.106. The molecule has 0 bridgehead atoms. The highest BCUT2D eigenvalue weighted by Gasteiger charge is 2.53. The lowest BCUT2D eigenvalue weighted by atomic mass is 9.55. The molecule has 0 N–H and O–H groups in total. The molecule has 7 aromatic carbocycles. The Hall–Kier alpha value is -5.46. The van der Waals surface area contributed by atoms with Gasteiger partial charge in [0.1, 0.15) is 0 Å². The number of hydrogen-bond donors (Lipinski definition) is 0. The average molecular weight is 601 g/mol. The molecular formula is C47H36. The number of aryl methyl sites for hydroxylation is 2. The molecule has 2 aliphatic carbocycles. The van der Waals surface area contributed by atoms with E-state index in [0.29, 0.717) is 0 Å². The number of hydrogen-bond acceptors (Lipinski definition) is 0. The van der Waals surface area contributed by atoms with E-state index >= 15 is 0 Å². The molecule has 0 saturated carbocycles. The fourth-order valence-electron chi connectivity index (χ4n) is 8.80. The molecule has 0 heterocycles. The number of allylic oxidation sites excluding steroid dienone is 1. The maximum atomic E-state index is 2.50. The summed E-state index contributed by atoms with van der Waals surface area (Å²) in [5.74, 6) is 0.240. The van der Waals surface area contributed by atoms with E-state index in [2.05, 4.69) is 184 Å². The van der Waals surface area contributed by atoms with Crippen molar-refractivity contribution in [3.05, 3.63) is 208 Å². The van der Waals surface area contributed by atoms with Gasteiger partial charge in [0.25, 0.3) is 0 Å². The average Bonchev–Trinajstić information content (AvgIpc) is 3.68. The summed E-state index contributed by atoms with van der Waals surface area (Å²) in [5.41, 5.74) is 15.7. The second kappa shape index (κ2) is 10.8. The van der Waals surface area contributed by atoms with Crippen LogP contribution >= 0.6 is 0 Å². The van der Waals surface area contributed by atoms with E-state index < -0.39 is 5.41 Å². The Labute approximate surface area is 277 Å². The molecule has 0 fully saturated rings. The molecule has 0 aromatic heterocycles. The second-order valence-corrected chi connectivity index (χ2v) is 13.4. The van der Waals surface area contributed by atoms with Gasteiger partial charge in [-0.3, -0.25) is 0 Å². The molecular weight excluding hydrogens is 565 g/mol. The highest BCUT2D eigenvalue weighted by atomic mass is 14.5. The Balaban J connectivity index is 1.33. The Kier molecular flexibility index (Phi) is 6.40. The van der Waals surface area contributed by atoms with Crippen molar-refractivity contribution in [3.63, 3.8) is 0 Å². The Bertz CT molecular complexity index is 2230. The minimum atomic E-state index is -0.396. The van der Waals surface area contributed by atoms with Crippen LogP contribution in [0.1, 0.15) is 56.3 Å². The summed E-state index contributed by atoms with van der Waals surface area (Å²) in [5, 5.41) is 2.57. The van der Waals surface area contributed by atoms with Crippen LogP contribution in [0.25, 0.3) is 39.1 Å². The quantitative estimate of drug-likeness (QED) is 0.184. The molecule has 0 nitrogen and oxygen atoms in total. The third-order valence-electron chi connectivity index (χ3n) is 10.8. The Morgan fingerprint density at radius 2 is 1.06 bits per heavy atom. The van der Waals surface area contributed by atoms with Crippen LogP contribution in [0.4, 0.5) is 0 Å². The van der Waals surface area contributed by atoms with Gasteiger partial charge in [-0.15, -0.1) is 0 Å². The van der Waals surface area contributed by atoms with Gasteiger partial charge in [-0.05, 0) is 86.3 Å². The predicted octanol–water partition coefficient (Wildman–Crippen LogP) is 12.0. The van der Waals surface area contributed by atoms with Crippen molar-refractivity contribution in [3.8, 4) is 22.3 Å². The maximum absolute atomic E-state index is 2.50. The summed E-state index contributed by atoms with van der Waals surface area (Å²) in [6.45, 7) is 4.47. The van der Waals surface area contributed by atoms with Crippen LogP contribution in [-0.4, -0.2) is 0 Å². The lowest BCUT2D eigenvalue weighted by Crippen LogP contribution is -2.40. The van der Waals surface area contributed by atoms with Gasteiger partial charge in [0.2, 0.25) is 0 Å². The van der Waals surface area contributed by atoms with Crippen LogP contribution < -0.4 is 0 Å². The Morgan fingerprint density at radius 1 is 0.468 bits per heavy atom. The van der Waals surface area contributed by atoms with Crippen LogP contribution in [0.15, 0.2) is 164 Å². The first kappa shape index (κ1) is 27.8. The van der Waals surface area contributed by atoms with Gasteiger partial charge in [0.05, 0.1) is 0 Å². The standard InChI is InChI=1S/C47H36/c1-31-20-24-41-42-25-21-32(2)29-44(42)46(43(41)28-31)47(36-14-5-3-6-15-36,37-16-7-4-8-17-37)45-27-23-35-30-34(22-26-40(35)45)39-19-11-13-33-12-9-10-18-38(33)39/h3-30,45-46H,1-2H3. The summed E-state index contributed by atoms with van der Waals surface area (Å²) in [7, 11) is 0. The van der Waals surface area contributed by atoms with E-state index in [9.17, 15) is 0 Å². The zero-order valence-corrected chi connectivity index (χ0v) is 26.8. The molecule has 224 valence electrons.